The maximum atomic E-state index is 12.6. The fourth-order valence-electron chi connectivity index (χ4n) is 3.37. The minimum atomic E-state index is -0.297. The third kappa shape index (κ3) is 3.28. The van der Waals surface area contributed by atoms with E-state index in [2.05, 4.69) is 40.4 Å². The molecule has 1 aromatic heterocycles. The molecular formula is C23H18N4O. The lowest BCUT2D eigenvalue weighted by molar-refractivity contribution is 0.102. The van der Waals surface area contributed by atoms with Crippen LogP contribution in [-0.2, 0) is 6.54 Å². The highest BCUT2D eigenvalue weighted by molar-refractivity contribution is 6.16. The number of benzene rings is 2. The van der Waals surface area contributed by atoms with Crippen molar-refractivity contribution >= 4 is 17.3 Å². The molecule has 5 nitrogen and oxygen atoms in total. The van der Waals surface area contributed by atoms with Gasteiger partial charge in [-0.15, -0.1) is 0 Å². The molecule has 0 spiro atoms. The Bertz CT molecular complexity index is 1170. The van der Waals surface area contributed by atoms with Crippen LogP contribution in [0.25, 0.3) is 0 Å². The molecular weight excluding hydrogens is 348 g/mol. The van der Waals surface area contributed by atoms with Crippen LogP contribution in [0, 0.1) is 25.2 Å². The van der Waals surface area contributed by atoms with Crippen LogP contribution < -0.4 is 5.32 Å². The summed E-state index contributed by atoms with van der Waals surface area (Å²) in [5.74, 6) is -0.297. The Balaban J connectivity index is 1.62. The Kier molecular flexibility index (Phi) is 4.46. The summed E-state index contributed by atoms with van der Waals surface area (Å²) in [5, 5.41) is 11.9. The van der Waals surface area contributed by atoms with Crippen molar-refractivity contribution in [1.29, 1.82) is 5.26 Å². The fraction of sp³-hybridized carbons (Fsp3) is 0.130. The van der Waals surface area contributed by atoms with Crippen LogP contribution in [0.5, 0.6) is 0 Å². The number of rotatable bonds is 3. The van der Waals surface area contributed by atoms with E-state index < -0.39 is 0 Å². The molecule has 1 amide bonds. The van der Waals surface area contributed by atoms with Crippen LogP contribution in [0.1, 0.15) is 43.9 Å². The molecule has 0 saturated carbocycles. The molecule has 1 aliphatic rings. The van der Waals surface area contributed by atoms with Crippen LogP contribution in [0.3, 0.4) is 0 Å². The van der Waals surface area contributed by atoms with Gasteiger partial charge in [-0.05, 0) is 49.2 Å². The normalized spacial score (nSPS) is 12.1. The number of hydrogen-bond acceptors (Lipinski definition) is 4. The van der Waals surface area contributed by atoms with E-state index in [1.807, 2.05) is 30.3 Å². The molecule has 1 aliphatic heterocycles. The Labute approximate surface area is 163 Å². The lowest BCUT2D eigenvalue weighted by Crippen LogP contribution is -2.16. The van der Waals surface area contributed by atoms with E-state index in [1.54, 1.807) is 13.0 Å². The van der Waals surface area contributed by atoms with Crippen molar-refractivity contribution in [1.82, 2.24) is 4.98 Å². The summed E-state index contributed by atoms with van der Waals surface area (Å²) in [6.45, 7) is 4.47. The quantitative estimate of drug-likeness (QED) is 0.755. The van der Waals surface area contributed by atoms with Crippen LogP contribution in [0.2, 0.25) is 0 Å². The fourth-order valence-corrected chi connectivity index (χ4v) is 3.37. The standard InChI is InChI=1S/C23H18N4O/c1-14-4-3-5-17(8-14)22-20-10-19(7-6-18(20)13-26-22)27-23(28)21-15(2)9-16(11-24)12-25-21/h3-10,12H,13H2,1-2H3,(H,27,28). The van der Waals surface area contributed by atoms with Crippen LogP contribution >= 0.6 is 0 Å². The maximum absolute atomic E-state index is 12.6. The lowest BCUT2D eigenvalue weighted by atomic mass is 9.98. The number of aromatic nitrogens is 1. The largest absolute Gasteiger partial charge is 0.321 e. The number of aryl methyl sites for hydroxylation is 2. The van der Waals surface area contributed by atoms with Gasteiger partial charge in [-0.2, -0.15) is 5.26 Å². The maximum Gasteiger partial charge on any atom is 0.274 e. The monoisotopic (exact) mass is 366 g/mol. The lowest BCUT2D eigenvalue weighted by Gasteiger charge is -2.10. The number of nitrogens with one attached hydrogen (secondary N) is 1. The van der Waals surface area contributed by atoms with Crippen molar-refractivity contribution < 1.29 is 4.79 Å². The van der Waals surface area contributed by atoms with Crippen LogP contribution in [-0.4, -0.2) is 16.6 Å². The van der Waals surface area contributed by atoms with Gasteiger partial charge in [-0.1, -0.05) is 29.8 Å². The zero-order valence-electron chi connectivity index (χ0n) is 15.7. The van der Waals surface area contributed by atoms with Gasteiger partial charge in [0.15, 0.2) is 0 Å². The molecule has 136 valence electrons. The Morgan fingerprint density at radius 1 is 1.14 bits per heavy atom. The first-order chi connectivity index (χ1) is 13.5. The molecule has 0 saturated heterocycles. The van der Waals surface area contributed by atoms with Crippen molar-refractivity contribution in [2.45, 2.75) is 20.4 Å². The summed E-state index contributed by atoms with van der Waals surface area (Å²) in [5.41, 5.74) is 7.49. The number of pyridine rings is 1. The van der Waals surface area contributed by atoms with E-state index in [0.29, 0.717) is 29.1 Å². The summed E-state index contributed by atoms with van der Waals surface area (Å²) in [4.78, 5) is 21.5. The van der Waals surface area contributed by atoms with Gasteiger partial charge < -0.3 is 5.32 Å². The van der Waals surface area contributed by atoms with Gasteiger partial charge in [0.05, 0.1) is 17.8 Å². The van der Waals surface area contributed by atoms with E-state index in [9.17, 15) is 4.79 Å². The highest BCUT2D eigenvalue weighted by Gasteiger charge is 2.19. The predicted octanol–water partition coefficient (Wildman–Crippen LogP) is 4.17. The van der Waals surface area contributed by atoms with Crippen molar-refractivity contribution in [2.75, 3.05) is 5.32 Å². The van der Waals surface area contributed by atoms with E-state index in [0.717, 1.165) is 22.4 Å². The smallest absolute Gasteiger partial charge is 0.274 e. The number of nitrogens with zero attached hydrogens (tertiary/aromatic N) is 3. The molecule has 0 aliphatic carbocycles. The number of nitriles is 1. The predicted molar refractivity (Wildman–Crippen MR) is 109 cm³/mol. The molecule has 3 aromatic rings. The highest BCUT2D eigenvalue weighted by atomic mass is 16.1. The molecule has 4 rings (SSSR count). The van der Waals surface area contributed by atoms with Gasteiger partial charge in [0.1, 0.15) is 11.8 Å². The zero-order chi connectivity index (χ0) is 19.7. The summed E-state index contributed by atoms with van der Waals surface area (Å²) in [6.07, 6.45) is 1.41. The molecule has 0 bridgehead atoms. The number of anilines is 1. The average molecular weight is 366 g/mol. The number of hydrogen-bond donors (Lipinski definition) is 1. The topological polar surface area (TPSA) is 78.1 Å². The molecule has 2 heterocycles. The minimum absolute atomic E-state index is 0.297. The van der Waals surface area contributed by atoms with E-state index in [4.69, 9.17) is 5.26 Å². The SMILES string of the molecule is Cc1cccc(C2=NCc3ccc(NC(=O)c4ncc(C#N)cc4C)cc32)c1. The molecule has 1 N–H and O–H groups in total. The number of fused-ring (bicyclic) bond motifs is 1. The summed E-state index contributed by atoms with van der Waals surface area (Å²) >= 11 is 0. The molecule has 5 heteroatoms. The number of carbonyl (C=O) groups is 1. The summed E-state index contributed by atoms with van der Waals surface area (Å²) in [7, 11) is 0. The van der Waals surface area contributed by atoms with E-state index >= 15 is 0 Å². The van der Waals surface area contributed by atoms with Crippen molar-refractivity contribution in [3.05, 3.63) is 93.8 Å². The van der Waals surface area contributed by atoms with Gasteiger partial charge >= 0.3 is 0 Å². The first-order valence-corrected chi connectivity index (χ1v) is 8.98. The number of amides is 1. The summed E-state index contributed by atoms with van der Waals surface area (Å²) in [6, 6.07) is 17.8. The minimum Gasteiger partial charge on any atom is -0.321 e. The molecule has 28 heavy (non-hydrogen) atoms. The van der Waals surface area contributed by atoms with Gasteiger partial charge in [-0.25, -0.2) is 4.98 Å². The number of carbonyl (C=O) groups excluding carboxylic acids is 1. The Morgan fingerprint density at radius 3 is 2.75 bits per heavy atom. The summed E-state index contributed by atoms with van der Waals surface area (Å²) < 4.78 is 0. The van der Waals surface area contributed by atoms with Crippen molar-refractivity contribution in [2.24, 2.45) is 4.99 Å². The second-order valence-corrected chi connectivity index (χ2v) is 6.86. The van der Waals surface area contributed by atoms with Gasteiger partial charge in [0, 0.05) is 23.0 Å². The second-order valence-electron chi connectivity index (χ2n) is 6.86. The van der Waals surface area contributed by atoms with Gasteiger partial charge in [0.2, 0.25) is 0 Å². The van der Waals surface area contributed by atoms with Gasteiger partial charge in [-0.3, -0.25) is 9.79 Å². The van der Waals surface area contributed by atoms with Crippen LogP contribution in [0.15, 0.2) is 59.7 Å². The second kappa shape index (κ2) is 7.09. The molecule has 0 unspecified atom stereocenters. The third-order valence-electron chi connectivity index (χ3n) is 4.74. The third-order valence-corrected chi connectivity index (χ3v) is 4.74. The van der Waals surface area contributed by atoms with Crippen LogP contribution in [0.4, 0.5) is 5.69 Å². The Morgan fingerprint density at radius 2 is 2.00 bits per heavy atom. The van der Waals surface area contributed by atoms with Crippen molar-refractivity contribution in [3.63, 3.8) is 0 Å². The van der Waals surface area contributed by atoms with Gasteiger partial charge in [0.25, 0.3) is 5.91 Å². The molecule has 2 aromatic carbocycles. The first kappa shape index (κ1) is 17.6. The van der Waals surface area contributed by atoms with E-state index in [-0.39, 0.29) is 5.91 Å². The zero-order valence-corrected chi connectivity index (χ0v) is 15.7. The number of aliphatic imine (C=N–C) groups is 1. The Hall–Kier alpha value is -3.78. The highest BCUT2D eigenvalue weighted by Crippen LogP contribution is 2.26. The first-order valence-electron chi connectivity index (χ1n) is 8.98. The molecule has 0 radical (unpaired) electrons. The molecule has 0 fully saturated rings. The average Bonchev–Trinajstić information content (AvgIpc) is 3.11. The van der Waals surface area contributed by atoms with Crippen molar-refractivity contribution in [3.8, 4) is 6.07 Å². The van der Waals surface area contributed by atoms with E-state index in [1.165, 1.54) is 11.8 Å². The molecule has 0 atom stereocenters.